The van der Waals surface area contributed by atoms with Crippen molar-refractivity contribution in [1.29, 1.82) is 0 Å². The Hall–Kier alpha value is -3.24. The lowest BCUT2D eigenvalue weighted by atomic mass is 10.1. The van der Waals surface area contributed by atoms with Crippen LogP contribution in [0, 0.1) is 0 Å². The van der Waals surface area contributed by atoms with Gasteiger partial charge in [0, 0.05) is 16.5 Å². The molecule has 4 nitrogen and oxygen atoms in total. The average molecular weight is 375 g/mol. The fraction of sp³-hybridized carbons (Fsp3) is 0.0455. The van der Waals surface area contributed by atoms with Crippen molar-refractivity contribution in [3.05, 3.63) is 99.8 Å². The van der Waals surface area contributed by atoms with Crippen LogP contribution in [0.5, 0.6) is 0 Å². The van der Waals surface area contributed by atoms with E-state index in [-0.39, 0.29) is 17.9 Å². The van der Waals surface area contributed by atoms with Gasteiger partial charge in [0.2, 0.25) is 0 Å². The molecule has 1 aromatic heterocycles. The van der Waals surface area contributed by atoms with Crippen molar-refractivity contribution in [2.24, 2.45) is 0 Å². The van der Waals surface area contributed by atoms with E-state index in [2.05, 4.69) is 5.10 Å². The number of nitrogens with zero attached hydrogens (tertiary/aromatic N) is 2. The monoisotopic (exact) mass is 374 g/mol. The highest BCUT2D eigenvalue weighted by atomic mass is 35.5. The minimum absolute atomic E-state index is 0.173. The fourth-order valence-corrected chi connectivity index (χ4v) is 3.30. The van der Waals surface area contributed by atoms with Gasteiger partial charge in [0.05, 0.1) is 16.1 Å². The largest absolute Gasteiger partial charge is 0.292 e. The standard InChI is InChI=1S/C22H15ClN2O2/c23-19-13-7-6-12-18(19)20(26)14-25-22(27)17-11-5-4-10-16(17)21(24-25)15-8-2-1-3-9-15/h1-13H,14H2. The van der Waals surface area contributed by atoms with Gasteiger partial charge < -0.3 is 0 Å². The Morgan fingerprint density at radius 1 is 0.852 bits per heavy atom. The number of halogens is 1. The lowest BCUT2D eigenvalue weighted by Gasteiger charge is -2.11. The molecule has 132 valence electrons. The lowest BCUT2D eigenvalue weighted by Crippen LogP contribution is -2.27. The third-order valence-corrected chi connectivity index (χ3v) is 4.71. The maximum absolute atomic E-state index is 12.9. The lowest BCUT2D eigenvalue weighted by molar-refractivity contribution is 0.0966. The quantitative estimate of drug-likeness (QED) is 0.490. The first-order valence-corrected chi connectivity index (χ1v) is 8.86. The summed E-state index contributed by atoms with van der Waals surface area (Å²) in [5.74, 6) is -0.260. The van der Waals surface area contributed by atoms with Crippen LogP contribution in [-0.4, -0.2) is 15.6 Å². The molecule has 0 bridgehead atoms. The molecule has 0 radical (unpaired) electrons. The topological polar surface area (TPSA) is 52.0 Å². The maximum atomic E-state index is 12.9. The highest BCUT2D eigenvalue weighted by Crippen LogP contribution is 2.24. The van der Waals surface area contributed by atoms with Crippen molar-refractivity contribution in [3.8, 4) is 11.3 Å². The molecule has 0 amide bonds. The number of aromatic nitrogens is 2. The second-order valence-corrected chi connectivity index (χ2v) is 6.53. The van der Waals surface area contributed by atoms with Gasteiger partial charge in [0.1, 0.15) is 6.54 Å². The molecule has 0 aliphatic heterocycles. The highest BCUT2D eigenvalue weighted by Gasteiger charge is 2.16. The summed E-state index contributed by atoms with van der Waals surface area (Å²) in [6.45, 7) is -0.173. The molecule has 0 fully saturated rings. The van der Waals surface area contributed by atoms with Crippen LogP contribution >= 0.6 is 11.6 Å². The molecule has 4 aromatic rings. The van der Waals surface area contributed by atoms with E-state index in [1.54, 1.807) is 36.4 Å². The molecule has 0 N–H and O–H groups in total. The summed E-state index contributed by atoms with van der Waals surface area (Å²) in [5.41, 5.74) is 1.62. The Bertz CT molecular complexity index is 1200. The summed E-state index contributed by atoms with van der Waals surface area (Å²) in [5, 5.41) is 6.15. The average Bonchev–Trinajstić information content (AvgIpc) is 2.71. The van der Waals surface area contributed by atoms with E-state index in [4.69, 9.17) is 11.6 Å². The second-order valence-electron chi connectivity index (χ2n) is 6.13. The van der Waals surface area contributed by atoms with E-state index >= 15 is 0 Å². The van der Waals surface area contributed by atoms with Crippen molar-refractivity contribution in [2.45, 2.75) is 6.54 Å². The van der Waals surface area contributed by atoms with Crippen molar-refractivity contribution in [1.82, 2.24) is 9.78 Å². The van der Waals surface area contributed by atoms with Crippen molar-refractivity contribution in [3.63, 3.8) is 0 Å². The number of ketones is 1. The zero-order chi connectivity index (χ0) is 18.8. The van der Waals surface area contributed by atoms with Crippen LogP contribution in [0.2, 0.25) is 5.02 Å². The second kappa shape index (κ2) is 7.17. The number of benzene rings is 3. The van der Waals surface area contributed by atoms with Crippen molar-refractivity contribution in [2.75, 3.05) is 0 Å². The van der Waals surface area contributed by atoms with E-state index in [9.17, 15) is 9.59 Å². The minimum atomic E-state index is -0.300. The van der Waals surface area contributed by atoms with Crippen LogP contribution < -0.4 is 5.56 Å². The molecule has 0 aliphatic rings. The molecule has 5 heteroatoms. The zero-order valence-corrected chi connectivity index (χ0v) is 15.1. The van der Waals surface area contributed by atoms with Crippen LogP contribution in [0.15, 0.2) is 83.7 Å². The third kappa shape index (κ3) is 3.27. The first-order chi connectivity index (χ1) is 13.1. The van der Waals surface area contributed by atoms with E-state index < -0.39 is 0 Å². The van der Waals surface area contributed by atoms with Gasteiger partial charge in [-0.15, -0.1) is 0 Å². The predicted octanol–water partition coefficient (Wildman–Crippen LogP) is 4.60. The predicted molar refractivity (Wildman–Crippen MR) is 107 cm³/mol. The number of Topliss-reactive ketones (excluding diaryl/α,β-unsaturated/α-hetero) is 1. The summed E-state index contributed by atoms with van der Waals surface area (Å²) in [4.78, 5) is 25.6. The van der Waals surface area contributed by atoms with E-state index in [0.29, 0.717) is 21.7 Å². The van der Waals surface area contributed by atoms with E-state index in [0.717, 1.165) is 10.9 Å². The van der Waals surface area contributed by atoms with Crippen LogP contribution in [0.4, 0.5) is 0 Å². The number of fused-ring (bicyclic) bond motifs is 1. The van der Waals surface area contributed by atoms with Gasteiger partial charge >= 0.3 is 0 Å². The van der Waals surface area contributed by atoms with Gasteiger partial charge in [-0.3, -0.25) is 9.59 Å². The van der Waals surface area contributed by atoms with Gasteiger partial charge in [-0.2, -0.15) is 5.10 Å². The summed E-state index contributed by atoms with van der Waals surface area (Å²) in [7, 11) is 0. The van der Waals surface area contributed by atoms with Crippen molar-refractivity contribution >= 4 is 28.2 Å². The Labute approximate surface area is 160 Å². The third-order valence-electron chi connectivity index (χ3n) is 4.38. The number of hydrogen-bond donors (Lipinski definition) is 0. The molecule has 0 aliphatic carbocycles. The van der Waals surface area contributed by atoms with Gasteiger partial charge in [-0.25, -0.2) is 4.68 Å². The molecule has 0 saturated carbocycles. The van der Waals surface area contributed by atoms with Crippen LogP contribution in [-0.2, 0) is 6.54 Å². The van der Waals surface area contributed by atoms with E-state index in [1.807, 2.05) is 42.5 Å². The summed E-state index contributed by atoms with van der Waals surface area (Å²) in [6.07, 6.45) is 0. The van der Waals surface area contributed by atoms with Gasteiger partial charge in [0.15, 0.2) is 5.78 Å². The first kappa shape index (κ1) is 17.2. The van der Waals surface area contributed by atoms with Crippen molar-refractivity contribution < 1.29 is 4.79 Å². The summed E-state index contributed by atoms with van der Waals surface area (Å²) < 4.78 is 1.22. The fourth-order valence-electron chi connectivity index (χ4n) is 3.06. The highest BCUT2D eigenvalue weighted by molar-refractivity contribution is 6.33. The van der Waals surface area contributed by atoms with Crippen LogP contribution in [0.3, 0.4) is 0 Å². The maximum Gasteiger partial charge on any atom is 0.275 e. The minimum Gasteiger partial charge on any atom is -0.292 e. The SMILES string of the molecule is O=C(Cn1nc(-c2ccccc2)c2ccccc2c1=O)c1ccccc1Cl. The molecule has 0 unspecified atom stereocenters. The number of rotatable bonds is 4. The summed E-state index contributed by atoms with van der Waals surface area (Å²) >= 11 is 6.12. The molecular formula is C22H15ClN2O2. The smallest absolute Gasteiger partial charge is 0.275 e. The molecule has 0 saturated heterocycles. The van der Waals surface area contributed by atoms with Crippen LogP contribution in [0.25, 0.3) is 22.0 Å². The molecule has 3 aromatic carbocycles. The number of hydrogen-bond acceptors (Lipinski definition) is 3. The molecular weight excluding hydrogens is 360 g/mol. The van der Waals surface area contributed by atoms with Crippen LogP contribution in [0.1, 0.15) is 10.4 Å². The van der Waals surface area contributed by atoms with Gasteiger partial charge in [-0.1, -0.05) is 72.3 Å². The Morgan fingerprint density at radius 2 is 1.48 bits per heavy atom. The molecule has 0 spiro atoms. The number of carbonyl (C=O) groups excluding carboxylic acids is 1. The Kier molecular flexibility index (Phi) is 4.57. The molecule has 4 rings (SSSR count). The van der Waals surface area contributed by atoms with Gasteiger partial charge in [0.25, 0.3) is 5.56 Å². The Balaban J connectivity index is 1.87. The molecule has 1 heterocycles. The normalized spacial score (nSPS) is 10.9. The zero-order valence-electron chi connectivity index (χ0n) is 14.3. The van der Waals surface area contributed by atoms with E-state index in [1.165, 1.54) is 4.68 Å². The van der Waals surface area contributed by atoms with Gasteiger partial charge in [-0.05, 0) is 18.2 Å². The molecule has 0 atom stereocenters. The Morgan fingerprint density at radius 3 is 2.22 bits per heavy atom. The molecule has 27 heavy (non-hydrogen) atoms. The first-order valence-electron chi connectivity index (χ1n) is 8.48. The summed E-state index contributed by atoms with van der Waals surface area (Å²) in [6, 6.07) is 23.7. The number of carbonyl (C=O) groups is 1.